The molecule has 6 heteroatoms. The van der Waals surface area contributed by atoms with E-state index in [-0.39, 0.29) is 5.43 Å². The third-order valence-corrected chi connectivity index (χ3v) is 6.37. The minimum atomic E-state index is -0.437. The minimum absolute atomic E-state index is 0.141. The highest BCUT2D eigenvalue weighted by atomic mass is 16.5. The van der Waals surface area contributed by atoms with Crippen LogP contribution in [-0.4, -0.2) is 19.2 Å². The molecule has 0 amide bonds. The Hall–Kier alpha value is -4.06. The lowest BCUT2D eigenvalue weighted by Gasteiger charge is -2.14. The molecule has 0 saturated carbocycles. The van der Waals surface area contributed by atoms with Gasteiger partial charge >= 0.3 is 5.97 Å². The van der Waals surface area contributed by atoms with Gasteiger partial charge in [0.1, 0.15) is 17.1 Å². The van der Waals surface area contributed by atoms with Gasteiger partial charge in [0, 0.05) is 12.5 Å². The Labute approximate surface area is 209 Å². The molecule has 1 aromatic heterocycles. The van der Waals surface area contributed by atoms with E-state index >= 15 is 0 Å². The van der Waals surface area contributed by atoms with Gasteiger partial charge in [-0.1, -0.05) is 37.6 Å². The van der Waals surface area contributed by atoms with Crippen molar-refractivity contribution in [2.24, 2.45) is 0 Å². The maximum Gasteiger partial charge on any atom is 0.343 e. The van der Waals surface area contributed by atoms with Gasteiger partial charge in [-0.2, -0.15) is 0 Å². The van der Waals surface area contributed by atoms with Crippen molar-refractivity contribution in [2.75, 3.05) is 13.2 Å². The lowest BCUT2D eigenvalue weighted by Crippen LogP contribution is -2.13. The summed E-state index contributed by atoms with van der Waals surface area (Å²) in [6.07, 6.45) is 2.28. The zero-order valence-electron chi connectivity index (χ0n) is 20.7. The summed E-state index contributed by atoms with van der Waals surface area (Å²) >= 11 is 0. The average Bonchev–Trinajstić information content (AvgIpc) is 3.10. The third-order valence-electron chi connectivity index (χ3n) is 6.37. The van der Waals surface area contributed by atoms with Crippen LogP contribution in [0.25, 0.3) is 22.1 Å². The molecule has 0 aliphatic carbocycles. The van der Waals surface area contributed by atoms with Crippen LogP contribution < -0.4 is 19.6 Å². The van der Waals surface area contributed by atoms with Gasteiger partial charge in [0.05, 0.1) is 29.7 Å². The number of carbonyl (C=O) groups excluding carboxylic acids is 1. The van der Waals surface area contributed by atoms with Crippen molar-refractivity contribution < 1.29 is 23.4 Å². The molecule has 5 rings (SSSR count). The smallest absolute Gasteiger partial charge is 0.343 e. The van der Waals surface area contributed by atoms with Crippen molar-refractivity contribution in [2.45, 2.75) is 40.0 Å². The molecular weight excluding hydrogens is 456 g/mol. The summed E-state index contributed by atoms with van der Waals surface area (Å²) in [5, 5.41) is 0.446. The molecule has 0 spiro atoms. The zero-order chi connectivity index (χ0) is 25.2. The third kappa shape index (κ3) is 4.47. The predicted octanol–water partition coefficient (Wildman–Crippen LogP) is 6.41. The lowest BCUT2D eigenvalue weighted by atomic mass is 9.99. The lowest BCUT2D eigenvalue weighted by molar-refractivity contribution is 0.0732. The Balaban J connectivity index is 1.59. The normalized spacial score (nSPS) is 12.9. The van der Waals surface area contributed by atoms with Crippen molar-refractivity contribution in [3.05, 3.63) is 87.3 Å². The molecule has 2 heterocycles. The molecule has 0 fully saturated rings. The highest BCUT2D eigenvalue weighted by Gasteiger charge is 2.20. The van der Waals surface area contributed by atoms with E-state index < -0.39 is 5.97 Å². The molecule has 6 nitrogen and oxygen atoms in total. The van der Waals surface area contributed by atoms with E-state index in [1.807, 2.05) is 44.2 Å². The van der Waals surface area contributed by atoms with Gasteiger partial charge in [0.2, 0.25) is 5.43 Å². The first kappa shape index (κ1) is 23.7. The Morgan fingerprint density at radius 2 is 1.75 bits per heavy atom. The van der Waals surface area contributed by atoms with Crippen molar-refractivity contribution in [3.8, 4) is 28.4 Å². The fraction of sp³-hybridized carbons (Fsp3) is 0.267. The molecule has 0 atom stereocenters. The quantitative estimate of drug-likeness (QED) is 0.241. The summed E-state index contributed by atoms with van der Waals surface area (Å²) < 4.78 is 23.5. The number of hydrogen-bond donors (Lipinski definition) is 0. The van der Waals surface area contributed by atoms with Crippen molar-refractivity contribution >= 4 is 16.9 Å². The van der Waals surface area contributed by atoms with E-state index in [9.17, 15) is 9.59 Å². The molecule has 0 saturated heterocycles. The molecule has 1 aliphatic heterocycles. The highest BCUT2D eigenvalue weighted by molar-refractivity contribution is 5.93. The second-order valence-corrected chi connectivity index (χ2v) is 8.98. The van der Waals surface area contributed by atoms with Crippen LogP contribution in [0, 0.1) is 13.8 Å². The van der Waals surface area contributed by atoms with Crippen LogP contribution in [0.5, 0.6) is 17.2 Å². The summed E-state index contributed by atoms with van der Waals surface area (Å²) in [6.45, 7) is 6.83. The zero-order valence-corrected chi connectivity index (χ0v) is 20.7. The van der Waals surface area contributed by atoms with Gasteiger partial charge in [-0.3, -0.25) is 4.79 Å². The molecule has 0 radical (unpaired) electrons. The van der Waals surface area contributed by atoms with E-state index in [0.717, 1.165) is 24.0 Å². The molecule has 184 valence electrons. The molecule has 1 aliphatic rings. The fourth-order valence-corrected chi connectivity index (χ4v) is 4.55. The first-order valence-corrected chi connectivity index (χ1v) is 12.2. The van der Waals surface area contributed by atoms with E-state index in [4.69, 9.17) is 18.6 Å². The van der Waals surface area contributed by atoms with Crippen LogP contribution in [0.4, 0.5) is 0 Å². The number of carbonyl (C=O) groups is 1. The maximum absolute atomic E-state index is 13.7. The van der Waals surface area contributed by atoms with E-state index in [1.54, 1.807) is 31.2 Å². The van der Waals surface area contributed by atoms with Crippen LogP contribution >= 0.6 is 0 Å². The van der Waals surface area contributed by atoms with Crippen LogP contribution in [0.15, 0.2) is 63.8 Å². The molecule has 0 unspecified atom stereocenters. The number of esters is 1. The molecular formula is C30H28O6. The van der Waals surface area contributed by atoms with Crippen LogP contribution in [0.2, 0.25) is 0 Å². The first-order chi connectivity index (χ1) is 17.5. The van der Waals surface area contributed by atoms with Gasteiger partial charge in [-0.05, 0) is 61.2 Å². The van der Waals surface area contributed by atoms with E-state index in [2.05, 4.69) is 0 Å². The topological polar surface area (TPSA) is 75.0 Å². The minimum Gasteiger partial charge on any atom is -0.490 e. The van der Waals surface area contributed by atoms with E-state index in [0.29, 0.717) is 70.3 Å². The van der Waals surface area contributed by atoms with E-state index in [1.165, 1.54) is 0 Å². The Kier molecular flexibility index (Phi) is 6.51. The summed E-state index contributed by atoms with van der Waals surface area (Å²) in [5.41, 5.74) is 3.54. The van der Waals surface area contributed by atoms with Crippen molar-refractivity contribution in [1.29, 1.82) is 0 Å². The van der Waals surface area contributed by atoms with Gasteiger partial charge in [-0.25, -0.2) is 4.79 Å². The van der Waals surface area contributed by atoms with Crippen molar-refractivity contribution in [1.82, 2.24) is 0 Å². The fourth-order valence-electron chi connectivity index (χ4n) is 4.55. The monoisotopic (exact) mass is 484 g/mol. The van der Waals surface area contributed by atoms with Crippen LogP contribution in [-0.2, 0) is 6.42 Å². The van der Waals surface area contributed by atoms with Crippen LogP contribution in [0.1, 0.15) is 47.0 Å². The first-order valence-electron chi connectivity index (χ1n) is 12.2. The number of fused-ring (bicyclic) bond motifs is 2. The van der Waals surface area contributed by atoms with Crippen LogP contribution in [0.3, 0.4) is 0 Å². The number of aryl methyl sites for hydroxylation is 3. The number of hydrogen-bond acceptors (Lipinski definition) is 6. The van der Waals surface area contributed by atoms with Gasteiger partial charge < -0.3 is 18.6 Å². The molecule has 4 aromatic rings. The number of ether oxygens (including phenoxy) is 3. The molecule has 0 bridgehead atoms. The van der Waals surface area contributed by atoms with Crippen molar-refractivity contribution in [3.63, 3.8) is 0 Å². The number of rotatable bonds is 5. The Morgan fingerprint density at radius 1 is 0.972 bits per heavy atom. The Bertz CT molecular complexity index is 1510. The number of benzene rings is 3. The second-order valence-electron chi connectivity index (χ2n) is 8.98. The van der Waals surface area contributed by atoms with Gasteiger partial charge in [-0.15, -0.1) is 0 Å². The second kappa shape index (κ2) is 9.90. The summed E-state index contributed by atoms with van der Waals surface area (Å²) in [6, 6.07) is 16.2. The molecule has 36 heavy (non-hydrogen) atoms. The predicted molar refractivity (Wildman–Crippen MR) is 138 cm³/mol. The van der Waals surface area contributed by atoms with Gasteiger partial charge in [0.25, 0.3) is 0 Å². The summed E-state index contributed by atoms with van der Waals surface area (Å²) in [4.78, 5) is 26.6. The maximum atomic E-state index is 13.7. The summed E-state index contributed by atoms with van der Waals surface area (Å²) in [5.74, 6) is 1.73. The highest BCUT2D eigenvalue weighted by Crippen LogP contribution is 2.36. The SMILES string of the molecule is CCCc1cc2c(=O)c(-c3ccc4c(c3)OCCCO4)c(C)oc2cc1OC(=O)c1ccccc1C. The van der Waals surface area contributed by atoms with Gasteiger partial charge in [0.15, 0.2) is 11.5 Å². The average molecular weight is 485 g/mol. The Morgan fingerprint density at radius 3 is 2.53 bits per heavy atom. The molecule has 0 N–H and O–H groups in total. The standard InChI is InChI=1S/C30H28O6/c1-4-8-20-15-23-26(17-25(20)36-30(32)22-10-6-5-9-18(22)2)35-19(3)28(29(23)31)21-11-12-24-27(16-21)34-14-7-13-33-24/h5-6,9-12,15-17H,4,7-8,13-14H2,1-3H3. The summed E-state index contributed by atoms with van der Waals surface area (Å²) in [7, 11) is 0. The molecule has 3 aromatic carbocycles. The largest absolute Gasteiger partial charge is 0.490 e.